The summed E-state index contributed by atoms with van der Waals surface area (Å²) >= 11 is 0. The third kappa shape index (κ3) is 2.11. The Bertz CT molecular complexity index is 160. The van der Waals surface area contributed by atoms with Crippen molar-refractivity contribution in [2.45, 2.75) is 19.4 Å². The van der Waals surface area contributed by atoms with E-state index in [1.165, 1.54) is 0 Å². The van der Waals surface area contributed by atoms with E-state index < -0.39 is 17.7 Å². The van der Waals surface area contributed by atoms with E-state index in [4.69, 9.17) is 5.11 Å². The van der Waals surface area contributed by atoms with E-state index in [-0.39, 0.29) is 6.42 Å². The maximum atomic E-state index is 10.6. The van der Waals surface area contributed by atoms with Crippen molar-refractivity contribution in [1.29, 1.82) is 0 Å². The SMILES string of the molecule is C=CC(=O)C(=O)C(O)CC. The quantitative estimate of drug-likeness (QED) is 0.446. The number of hydrogen-bond donors (Lipinski definition) is 1. The monoisotopic (exact) mass is 142 g/mol. The molecule has 0 heterocycles. The number of Topliss-reactive ketones (excluding diaryl/α,β-unsaturated/α-hetero) is 1. The van der Waals surface area contributed by atoms with Crippen molar-refractivity contribution in [3.63, 3.8) is 0 Å². The smallest absolute Gasteiger partial charge is 0.230 e. The lowest BCUT2D eigenvalue weighted by Crippen LogP contribution is -2.26. The van der Waals surface area contributed by atoms with Gasteiger partial charge in [-0.15, -0.1) is 0 Å². The highest BCUT2D eigenvalue weighted by Gasteiger charge is 2.17. The number of allylic oxidation sites excluding steroid dienone is 1. The maximum absolute atomic E-state index is 10.6. The summed E-state index contributed by atoms with van der Waals surface area (Å²) in [5.74, 6) is -1.51. The van der Waals surface area contributed by atoms with Gasteiger partial charge in [0, 0.05) is 0 Å². The van der Waals surface area contributed by atoms with Crippen molar-refractivity contribution in [1.82, 2.24) is 0 Å². The van der Waals surface area contributed by atoms with Gasteiger partial charge < -0.3 is 5.11 Å². The van der Waals surface area contributed by atoms with E-state index in [9.17, 15) is 9.59 Å². The zero-order valence-electron chi connectivity index (χ0n) is 5.83. The van der Waals surface area contributed by atoms with Gasteiger partial charge in [0.15, 0.2) is 0 Å². The van der Waals surface area contributed by atoms with Crippen LogP contribution in [-0.4, -0.2) is 22.8 Å². The highest BCUT2D eigenvalue weighted by atomic mass is 16.3. The van der Waals surface area contributed by atoms with Gasteiger partial charge in [-0.05, 0) is 12.5 Å². The van der Waals surface area contributed by atoms with Gasteiger partial charge in [0.25, 0.3) is 0 Å². The van der Waals surface area contributed by atoms with E-state index in [1.54, 1.807) is 6.92 Å². The lowest BCUT2D eigenvalue weighted by atomic mass is 10.1. The van der Waals surface area contributed by atoms with Crippen molar-refractivity contribution >= 4 is 11.6 Å². The molecule has 0 aliphatic rings. The molecule has 0 aromatic carbocycles. The Morgan fingerprint density at radius 1 is 1.70 bits per heavy atom. The summed E-state index contributed by atoms with van der Waals surface area (Å²) in [6.07, 6.45) is 0.00472. The molecule has 0 aromatic heterocycles. The number of aliphatic hydroxyl groups excluding tert-OH is 1. The average Bonchev–Trinajstić information content (AvgIpc) is 2.00. The van der Waals surface area contributed by atoms with Crippen LogP contribution < -0.4 is 0 Å². The first-order valence-corrected chi connectivity index (χ1v) is 3.02. The summed E-state index contributed by atoms with van der Waals surface area (Å²) in [6.45, 7) is 4.74. The molecule has 56 valence electrons. The van der Waals surface area contributed by atoms with Gasteiger partial charge >= 0.3 is 0 Å². The lowest BCUT2D eigenvalue weighted by molar-refractivity contribution is -0.139. The first kappa shape index (κ1) is 9.04. The summed E-state index contributed by atoms with van der Waals surface area (Å²) in [7, 11) is 0. The Labute approximate surface area is 59.4 Å². The molecule has 0 rings (SSSR count). The summed E-state index contributed by atoms with van der Waals surface area (Å²) in [4.78, 5) is 21.1. The van der Waals surface area contributed by atoms with Crippen LogP contribution in [0.1, 0.15) is 13.3 Å². The normalized spacial score (nSPS) is 12.2. The number of rotatable bonds is 4. The van der Waals surface area contributed by atoms with Crippen LogP contribution in [0.4, 0.5) is 0 Å². The molecule has 3 nitrogen and oxygen atoms in total. The minimum atomic E-state index is -1.16. The molecular formula is C7H10O3. The average molecular weight is 142 g/mol. The Morgan fingerprint density at radius 3 is 2.50 bits per heavy atom. The fraction of sp³-hybridized carbons (Fsp3) is 0.429. The number of aliphatic hydroxyl groups is 1. The van der Waals surface area contributed by atoms with Gasteiger partial charge in [-0.1, -0.05) is 13.5 Å². The second kappa shape index (κ2) is 3.95. The molecular weight excluding hydrogens is 132 g/mol. The highest BCUT2D eigenvalue weighted by molar-refractivity contribution is 6.42. The summed E-state index contributed by atoms with van der Waals surface area (Å²) in [5, 5.41) is 8.81. The van der Waals surface area contributed by atoms with Crippen LogP contribution in [0.3, 0.4) is 0 Å². The third-order valence-corrected chi connectivity index (χ3v) is 1.12. The fourth-order valence-corrected chi connectivity index (χ4v) is 0.450. The molecule has 1 N–H and O–H groups in total. The lowest BCUT2D eigenvalue weighted by Gasteiger charge is -2.00. The molecule has 1 atom stereocenters. The van der Waals surface area contributed by atoms with Crippen LogP contribution in [-0.2, 0) is 9.59 Å². The van der Waals surface area contributed by atoms with E-state index in [2.05, 4.69) is 6.58 Å². The van der Waals surface area contributed by atoms with Crippen molar-refractivity contribution in [2.75, 3.05) is 0 Å². The Morgan fingerprint density at radius 2 is 2.20 bits per heavy atom. The first-order chi connectivity index (χ1) is 4.63. The predicted octanol–water partition coefficient (Wildman–Crippen LogP) is 0.0815. The number of carbonyl (C=O) groups is 2. The number of carbonyl (C=O) groups excluding carboxylic acids is 2. The van der Waals surface area contributed by atoms with Gasteiger partial charge in [0.05, 0.1) is 0 Å². The standard InChI is InChI=1S/C7H10O3/c1-3-5(8)7(10)6(9)4-2/h3,6,9H,1,4H2,2H3. The largest absolute Gasteiger partial charge is 0.385 e. The molecule has 0 amide bonds. The highest BCUT2D eigenvalue weighted by Crippen LogP contribution is 1.93. The third-order valence-electron chi connectivity index (χ3n) is 1.12. The van der Waals surface area contributed by atoms with E-state index >= 15 is 0 Å². The second-order valence-corrected chi connectivity index (χ2v) is 1.86. The molecule has 0 bridgehead atoms. The summed E-state index contributed by atoms with van der Waals surface area (Å²) in [6, 6.07) is 0. The molecule has 0 aliphatic heterocycles. The Kier molecular flexibility index (Phi) is 3.57. The van der Waals surface area contributed by atoms with Gasteiger partial charge in [-0.2, -0.15) is 0 Å². The first-order valence-electron chi connectivity index (χ1n) is 3.02. The van der Waals surface area contributed by atoms with Crippen LogP contribution >= 0.6 is 0 Å². The van der Waals surface area contributed by atoms with Crippen LogP contribution in [0.2, 0.25) is 0 Å². The fourth-order valence-electron chi connectivity index (χ4n) is 0.450. The van der Waals surface area contributed by atoms with Gasteiger partial charge in [-0.3, -0.25) is 9.59 Å². The van der Waals surface area contributed by atoms with E-state index in [0.29, 0.717) is 0 Å². The molecule has 0 aromatic rings. The van der Waals surface area contributed by atoms with E-state index in [1.807, 2.05) is 0 Å². The zero-order chi connectivity index (χ0) is 8.15. The minimum Gasteiger partial charge on any atom is -0.385 e. The van der Waals surface area contributed by atoms with Crippen LogP contribution in [0, 0.1) is 0 Å². The second-order valence-electron chi connectivity index (χ2n) is 1.86. The topological polar surface area (TPSA) is 54.4 Å². The molecule has 0 fully saturated rings. The van der Waals surface area contributed by atoms with Gasteiger partial charge in [-0.25, -0.2) is 0 Å². The van der Waals surface area contributed by atoms with Crippen molar-refractivity contribution in [2.24, 2.45) is 0 Å². The molecule has 0 spiro atoms. The van der Waals surface area contributed by atoms with Crippen LogP contribution in [0.5, 0.6) is 0 Å². The molecule has 0 radical (unpaired) electrons. The zero-order valence-corrected chi connectivity index (χ0v) is 5.83. The van der Waals surface area contributed by atoms with Gasteiger partial charge in [0.2, 0.25) is 11.6 Å². The predicted molar refractivity (Wildman–Crippen MR) is 36.5 cm³/mol. The van der Waals surface area contributed by atoms with Crippen molar-refractivity contribution in [3.8, 4) is 0 Å². The number of hydrogen-bond acceptors (Lipinski definition) is 3. The molecule has 0 saturated carbocycles. The molecule has 0 saturated heterocycles. The Hall–Kier alpha value is -0.960. The summed E-state index contributed by atoms with van der Waals surface area (Å²) in [5.41, 5.74) is 0. The maximum Gasteiger partial charge on any atom is 0.230 e. The molecule has 10 heavy (non-hydrogen) atoms. The van der Waals surface area contributed by atoms with Crippen molar-refractivity contribution < 1.29 is 14.7 Å². The van der Waals surface area contributed by atoms with Crippen LogP contribution in [0.15, 0.2) is 12.7 Å². The molecule has 1 unspecified atom stereocenters. The Balaban J connectivity index is 4.07. The van der Waals surface area contributed by atoms with Gasteiger partial charge in [0.1, 0.15) is 6.10 Å². The molecule has 3 heteroatoms. The van der Waals surface area contributed by atoms with Crippen LogP contribution in [0.25, 0.3) is 0 Å². The summed E-state index contributed by atoms with van der Waals surface area (Å²) < 4.78 is 0. The number of ketones is 2. The van der Waals surface area contributed by atoms with E-state index in [0.717, 1.165) is 6.08 Å². The molecule has 0 aliphatic carbocycles. The minimum absolute atomic E-state index is 0.262. The van der Waals surface area contributed by atoms with Crippen molar-refractivity contribution in [3.05, 3.63) is 12.7 Å².